The van der Waals surface area contributed by atoms with Crippen molar-refractivity contribution in [2.75, 3.05) is 20.3 Å². The van der Waals surface area contributed by atoms with Gasteiger partial charge in [-0.3, -0.25) is 4.79 Å². The van der Waals surface area contributed by atoms with Crippen LogP contribution in [0.25, 0.3) is 0 Å². The van der Waals surface area contributed by atoms with Crippen LogP contribution in [-0.4, -0.2) is 26.1 Å². The van der Waals surface area contributed by atoms with Crippen LogP contribution >= 0.6 is 0 Å². The molecule has 0 aliphatic carbocycles. The molecule has 0 spiro atoms. The second-order valence-corrected chi connectivity index (χ2v) is 4.92. The quantitative estimate of drug-likeness (QED) is 0.771. The molecule has 1 fully saturated rings. The topological polar surface area (TPSA) is 35.5 Å². The first-order chi connectivity index (χ1) is 8.63. The van der Waals surface area contributed by atoms with E-state index in [1.54, 1.807) is 7.11 Å². The number of carbonyl (C=O) groups is 1. The van der Waals surface area contributed by atoms with Crippen molar-refractivity contribution in [1.29, 1.82) is 0 Å². The van der Waals surface area contributed by atoms with Gasteiger partial charge in [0.2, 0.25) is 0 Å². The summed E-state index contributed by atoms with van der Waals surface area (Å²) in [5.41, 5.74) is 2.79. The summed E-state index contributed by atoms with van der Waals surface area (Å²) in [6.07, 6.45) is 1.91. The van der Waals surface area contributed by atoms with E-state index in [9.17, 15) is 4.79 Å². The first kappa shape index (κ1) is 13.1. The lowest BCUT2D eigenvalue weighted by atomic mass is 9.89. The van der Waals surface area contributed by atoms with Crippen molar-refractivity contribution in [2.24, 2.45) is 5.92 Å². The predicted octanol–water partition coefficient (Wildman–Crippen LogP) is 2.92. The molecule has 1 aliphatic rings. The molecule has 0 aromatic heterocycles. The largest absolute Gasteiger partial charge is 0.496 e. The summed E-state index contributed by atoms with van der Waals surface area (Å²) in [5, 5.41) is 0. The molecule has 1 aromatic carbocycles. The third-order valence-corrected chi connectivity index (χ3v) is 3.54. The van der Waals surface area contributed by atoms with Gasteiger partial charge in [0.05, 0.1) is 13.7 Å². The minimum Gasteiger partial charge on any atom is -0.496 e. The maximum atomic E-state index is 12.5. The Morgan fingerprint density at radius 2 is 2.11 bits per heavy atom. The van der Waals surface area contributed by atoms with Crippen LogP contribution in [0.5, 0.6) is 5.75 Å². The number of aryl methyl sites for hydroxylation is 2. The number of Topliss-reactive ketones (excluding diaryl/α,β-unsaturated/α-hetero) is 1. The molecule has 0 amide bonds. The smallest absolute Gasteiger partial charge is 0.168 e. The summed E-state index contributed by atoms with van der Waals surface area (Å²) in [7, 11) is 1.65. The van der Waals surface area contributed by atoms with Crippen molar-refractivity contribution < 1.29 is 14.3 Å². The van der Waals surface area contributed by atoms with Gasteiger partial charge in [-0.2, -0.15) is 0 Å². The molecule has 3 nitrogen and oxygen atoms in total. The fraction of sp³-hybridized carbons (Fsp3) is 0.533. The molecular weight excluding hydrogens is 228 g/mol. The summed E-state index contributed by atoms with van der Waals surface area (Å²) in [4.78, 5) is 12.5. The zero-order valence-electron chi connectivity index (χ0n) is 11.3. The third kappa shape index (κ3) is 2.56. The third-order valence-electron chi connectivity index (χ3n) is 3.54. The van der Waals surface area contributed by atoms with Crippen molar-refractivity contribution in [3.63, 3.8) is 0 Å². The first-order valence-corrected chi connectivity index (χ1v) is 6.40. The monoisotopic (exact) mass is 248 g/mol. The second kappa shape index (κ2) is 5.53. The predicted molar refractivity (Wildman–Crippen MR) is 70.3 cm³/mol. The van der Waals surface area contributed by atoms with E-state index in [1.807, 2.05) is 26.0 Å². The number of benzene rings is 1. The van der Waals surface area contributed by atoms with Gasteiger partial charge in [-0.25, -0.2) is 0 Å². The Kier molecular flexibility index (Phi) is 4.02. The molecule has 18 heavy (non-hydrogen) atoms. The van der Waals surface area contributed by atoms with Crippen LogP contribution in [0.3, 0.4) is 0 Å². The van der Waals surface area contributed by atoms with Crippen molar-refractivity contribution in [2.45, 2.75) is 26.7 Å². The Labute approximate surface area is 108 Å². The Balaban J connectivity index is 2.27. The number of hydrogen-bond acceptors (Lipinski definition) is 3. The molecule has 1 heterocycles. The van der Waals surface area contributed by atoms with Gasteiger partial charge in [0.15, 0.2) is 5.78 Å². The number of ketones is 1. The highest BCUT2D eigenvalue weighted by Crippen LogP contribution is 2.26. The number of carbonyl (C=O) groups excluding carboxylic acids is 1. The van der Waals surface area contributed by atoms with E-state index in [1.165, 1.54) is 0 Å². The summed E-state index contributed by atoms with van der Waals surface area (Å²) < 4.78 is 10.7. The molecule has 1 aliphatic heterocycles. The fourth-order valence-electron chi connectivity index (χ4n) is 2.44. The molecule has 98 valence electrons. The highest BCUT2D eigenvalue weighted by molar-refractivity contribution is 5.99. The molecule has 1 saturated heterocycles. The lowest BCUT2D eigenvalue weighted by Crippen LogP contribution is -2.25. The van der Waals surface area contributed by atoms with E-state index in [2.05, 4.69) is 0 Å². The minimum atomic E-state index is 0.0187. The van der Waals surface area contributed by atoms with Crippen LogP contribution in [0.4, 0.5) is 0 Å². The van der Waals surface area contributed by atoms with Crippen LogP contribution < -0.4 is 4.74 Å². The van der Waals surface area contributed by atoms with Gasteiger partial charge in [0.25, 0.3) is 0 Å². The van der Waals surface area contributed by atoms with Gasteiger partial charge in [-0.1, -0.05) is 0 Å². The second-order valence-electron chi connectivity index (χ2n) is 4.92. The Morgan fingerprint density at radius 1 is 1.33 bits per heavy atom. The van der Waals surface area contributed by atoms with Crippen LogP contribution in [0.2, 0.25) is 0 Å². The van der Waals surface area contributed by atoms with E-state index in [0.29, 0.717) is 6.61 Å². The SMILES string of the molecule is COc1cc(C)c(C(=O)C2CCCOC2)cc1C. The lowest BCUT2D eigenvalue weighted by Gasteiger charge is -2.22. The molecule has 1 unspecified atom stereocenters. The summed E-state index contributed by atoms with van der Waals surface area (Å²) >= 11 is 0. The molecule has 0 bridgehead atoms. The van der Waals surface area contributed by atoms with Crippen molar-refractivity contribution in [1.82, 2.24) is 0 Å². The van der Waals surface area contributed by atoms with E-state index >= 15 is 0 Å². The standard InChI is InChI=1S/C15H20O3/c1-10-8-14(17-3)11(2)7-13(10)15(16)12-5-4-6-18-9-12/h7-8,12H,4-6,9H2,1-3H3. The van der Waals surface area contributed by atoms with Crippen LogP contribution in [0, 0.1) is 19.8 Å². The molecule has 0 N–H and O–H groups in total. The zero-order chi connectivity index (χ0) is 13.1. The number of hydrogen-bond donors (Lipinski definition) is 0. The highest BCUT2D eigenvalue weighted by Gasteiger charge is 2.24. The van der Waals surface area contributed by atoms with E-state index in [-0.39, 0.29) is 11.7 Å². The molecule has 2 rings (SSSR count). The Bertz CT molecular complexity index is 445. The zero-order valence-corrected chi connectivity index (χ0v) is 11.3. The Hall–Kier alpha value is -1.35. The average molecular weight is 248 g/mol. The summed E-state index contributed by atoms with van der Waals surface area (Å²) in [6.45, 7) is 5.26. The van der Waals surface area contributed by atoms with Gasteiger partial charge in [0.1, 0.15) is 5.75 Å². The van der Waals surface area contributed by atoms with E-state index in [0.717, 1.165) is 41.9 Å². The van der Waals surface area contributed by atoms with E-state index < -0.39 is 0 Å². The van der Waals surface area contributed by atoms with Gasteiger partial charge in [0, 0.05) is 18.1 Å². The number of rotatable bonds is 3. The van der Waals surface area contributed by atoms with Crippen molar-refractivity contribution in [3.8, 4) is 5.75 Å². The van der Waals surface area contributed by atoms with Crippen molar-refractivity contribution in [3.05, 3.63) is 28.8 Å². The molecule has 3 heteroatoms. The molecule has 1 atom stereocenters. The molecule has 0 saturated carbocycles. The van der Waals surface area contributed by atoms with Crippen LogP contribution in [0.15, 0.2) is 12.1 Å². The van der Waals surface area contributed by atoms with Gasteiger partial charge < -0.3 is 9.47 Å². The highest BCUT2D eigenvalue weighted by atomic mass is 16.5. The lowest BCUT2D eigenvalue weighted by molar-refractivity contribution is 0.0461. The van der Waals surface area contributed by atoms with Gasteiger partial charge >= 0.3 is 0 Å². The normalized spacial score (nSPS) is 19.6. The summed E-state index contributed by atoms with van der Waals surface area (Å²) in [6, 6.07) is 3.87. The van der Waals surface area contributed by atoms with Crippen LogP contribution in [0.1, 0.15) is 34.3 Å². The molecule has 0 radical (unpaired) electrons. The minimum absolute atomic E-state index is 0.0187. The fourth-order valence-corrected chi connectivity index (χ4v) is 2.44. The number of ether oxygens (including phenoxy) is 2. The average Bonchev–Trinajstić information content (AvgIpc) is 2.41. The molecular formula is C15H20O3. The number of methoxy groups -OCH3 is 1. The van der Waals surface area contributed by atoms with Gasteiger partial charge in [-0.15, -0.1) is 0 Å². The van der Waals surface area contributed by atoms with Gasteiger partial charge in [-0.05, 0) is 49.9 Å². The summed E-state index contributed by atoms with van der Waals surface area (Å²) in [5.74, 6) is 1.06. The van der Waals surface area contributed by atoms with Crippen LogP contribution in [-0.2, 0) is 4.74 Å². The van der Waals surface area contributed by atoms with E-state index in [4.69, 9.17) is 9.47 Å². The van der Waals surface area contributed by atoms with Crippen molar-refractivity contribution >= 4 is 5.78 Å². The Morgan fingerprint density at radius 3 is 2.72 bits per heavy atom. The molecule has 1 aromatic rings. The maximum Gasteiger partial charge on any atom is 0.168 e. The first-order valence-electron chi connectivity index (χ1n) is 6.40. The maximum absolute atomic E-state index is 12.5.